The van der Waals surface area contributed by atoms with Gasteiger partial charge in [0.15, 0.2) is 0 Å². The lowest BCUT2D eigenvalue weighted by molar-refractivity contribution is -0.000159. The van der Waals surface area contributed by atoms with Crippen LogP contribution in [0.3, 0.4) is 0 Å². The first-order valence-electron chi connectivity index (χ1n) is 7.27. The first-order chi connectivity index (χ1) is 9.27. The summed E-state index contributed by atoms with van der Waals surface area (Å²) in [6.07, 6.45) is 3.03. The molecule has 0 bridgehead atoms. The molecule has 20 heavy (non-hydrogen) atoms. The first-order valence-corrected chi connectivity index (χ1v) is 10.3. The maximum atomic E-state index is 9.71. The van der Waals surface area contributed by atoms with Gasteiger partial charge in [0.1, 0.15) is 8.07 Å². The van der Waals surface area contributed by atoms with Crippen LogP contribution in [0, 0.1) is 0 Å². The van der Waals surface area contributed by atoms with Crippen LogP contribution in [0.4, 0.5) is 0 Å². The highest BCUT2D eigenvalue weighted by molar-refractivity contribution is 6.95. The number of ether oxygens (including phenoxy) is 1. The minimum Gasteiger partial charge on any atom is -0.392 e. The molecule has 0 fully saturated rings. The lowest BCUT2D eigenvalue weighted by Crippen LogP contribution is -2.44. The molecule has 1 aromatic rings. The molecule has 0 radical (unpaired) electrons. The summed E-state index contributed by atoms with van der Waals surface area (Å²) in [5.41, 5.74) is -0.0976. The van der Waals surface area contributed by atoms with Crippen LogP contribution >= 0.6 is 0 Å². The van der Waals surface area contributed by atoms with E-state index in [0.29, 0.717) is 6.61 Å². The average Bonchev–Trinajstić information content (AvgIpc) is 2.38. The topological polar surface area (TPSA) is 29.5 Å². The molecule has 1 rings (SSSR count). The Bertz CT molecular complexity index is 430. The van der Waals surface area contributed by atoms with Crippen molar-refractivity contribution in [2.24, 2.45) is 0 Å². The predicted octanol–water partition coefficient (Wildman–Crippen LogP) is 3.27. The Balaban J connectivity index is 2.74. The minimum atomic E-state index is -1.75. The number of hydrogen-bond donors (Lipinski definition) is 1. The van der Waals surface area contributed by atoms with E-state index in [0.717, 1.165) is 6.42 Å². The second kappa shape index (κ2) is 7.20. The predicted molar refractivity (Wildman–Crippen MR) is 89.0 cm³/mol. The zero-order valence-electron chi connectivity index (χ0n) is 13.4. The highest BCUT2D eigenvalue weighted by atomic mass is 28.3. The van der Waals surface area contributed by atoms with Crippen molar-refractivity contribution < 1.29 is 9.84 Å². The number of benzene rings is 1. The van der Waals surface area contributed by atoms with E-state index in [1.807, 2.05) is 6.07 Å². The van der Waals surface area contributed by atoms with Crippen LogP contribution in [0.2, 0.25) is 13.1 Å². The van der Waals surface area contributed by atoms with Crippen molar-refractivity contribution in [2.75, 3.05) is 13.2 Å². The Labute approximate surface area is 124 Å². The summed E-state index contributed by atoms with van der Waals surface area (Å²) in [5, 5.41) is 12.2. The fourth-order valence-electron chi connectivity index (χ4n) is 2.16. The Morgan fingerprint density at radius 1 is 1.20 bits per heavy atom. The van der Waals surface area contributed by atoms with Crippen LogP contribution < -0.4 is 5.19 Å². The van der Waals surface area contributed by atoms with Gasteiger partial charge in [-0.15, -0.1) is 0 Å². The quantitative estimate of drug-likeness (QED) is 0.644. The van der Waals surface area contributed by atoms with E-state index in [-0.39, 0.29) is 12.2 Å². The summed E-state index contributed by atoms with van der Waals surface area (Å²) in [4.78, 5) is 0. The van der Waals surface area contributed by atoms with Crippen molar-refractivity contribution in [2.45, 2.75) is 45.9 Å². The Morgan fingerprint density at radius 3 is 2.30 bits per heavy atom. The number of aliphatic hydroxyl groups excluding tert-OH is 1. The third kappa shape index (κ3) is 5.23. The molecule has 112 valence electrons. The van der Waals surface area contributed by atoms with Crippen molar-refractivity contribution in [1.82, 2.24) is 0 Å². The van der Waals surface area contributed by atoms with E-state index in [4.69, 9.17) is 4.74 Å². The third-order valence-electron chi connectivity index (χ3n) is 3.51. The molecule has 0 atom stereocenters. The Hall–Kier alpha value is -0.903. The summed E-state index contributed by atoms with van der Waals surface area (Å²) in [5.74, 6) is 0. The molecule has 0 aliphatic rings. The van der Waals surface area contributed by atoms with E-state index in [9.17, 15) is 5.11 Å². The summed E-state index contributed by atoms with van der Waals surface area (Å²) in [7, 11) is -1.75. The van der Waals surface area contributed by atoms with Gasteiger partial charge in [-0.05, 0) is 27.2 Å². The number of hydrogen-bond acceptors (Lipinski definition) is 2. The van der Waals surface area contributed by atoms with Gasteiger partial charge in [0, 0.05) is 0 Å². The Morgan fingerprint density at radius 2 is 1.80 bits per heavy atom. The van der Waals surface area contributed by atoms with Gasteiger partial charge in [0.2, 0.25) is 0 Å². The van der Waals surface area contributed by atoms with Gasteiger partial charge >= 0.3 is 0 Å². The van der Waals surface area contributed by atoms with Crippen LogP contribution in [-0.2, 0) is 4.74 Å². The molecule has 1 N–H and O–H groups in total. The zero-order valence-corrected chi connectivity index (χ0v) is 14.4. The van der Waals surface area contributed by atoms with Crippen molar-refractivity contribution in [3.05, 3.63) is 41.6 Å². The summed E-state index contributed by atoms with van der Waals surface area (Å²) >= 11 is 0. The maximum Gasteiger partial charge on any atom is 0.110 e. The van der Waals surface area contributed by atoms with Gasteiger partial charge in [-0.1, -0.05) is 59.9 Å². The molecule has 1 aromatic carbocycles. The molecule has 0 amide bonds. The second-order valence-corrected chi connectivity index (χ2v) is 11.1. The van der Waals surface area contributed by atoms with E-state index in [2.05, 4.69) is 64.2 Å². The molecule has 0 heterocycles. The molecule has 0 aromatic heterocycles. The number of aliphatic hydroxyl groups is 1. The molecular weight excluding hydrogens is 264 g/mol. The van der Waals surface area contributed by atoms with E-state index >= 15 is 0 Å². The van der Waals surface area contributed by atoms with Gasteiger partial charge in [0.25, 0.3) is 0 Å². The lowest BCUT2D eigenvalue weighted by Gasteiger charge is -2.26. The number of rotatable bonds is 6. The van der Waals surface area contributed by atoms with Crippen LogP contribution in [-0.4, -0.2) is 32.0 Å². The van der Waals surface area contributed by atoms with Crippen LogP contribution in [0.1, 0.15) is 27.2 Å². The monoisotopic (exact) mass is 292 g/mol. The molecule has 0 unspecified atom stereocenters. The van der Waals surface area contributed by atoms with Gasteiger partial charge < -0.3 is 9.84 Å². The van der Waals surface area contributed by atoms with Gasteiger partial charge in [-0.25, -0.2) is 0 Å². The fourth-order valence-corrected chi connectivity index (χ4v) is 4.60. The highest BCUT2D eigenvalue weighted by Crippen LogP contribution is 2.16. The van der Waals surface area contributed by atoms with Crippen LogP contribution in [0.25, 0.3) is 0 Å². The molecule has 0 saturated carbocycles. The second-order valence-electron chi connectivity index (χ2n) is 6.63. The van der Waals surface area contributed by atoms with E-state index in [1.165, 1.54) is 10.4 Å². The molecular formula is C17H28O2Si. The summed E-state index contributed by atoms with van der Waals surface area (Å²) in [6, 6.07) is 10.5. The van der Waals surface area contributed by atoms with Crippen molar-refractivity contribution in [1.29, 1.82) is 0 Å². The van der Waals surface area contributed by atoms with Crippen molar-refractivity contribution in [3.63, 3.8) is 0 Å². The normalized spacial score (nSPS) is 13.6. The molecule has 0 saturated heterocycles. The zero-order chi connectivity index (χ0) is 15.2. The minimum absolute atomic E-state index is 0.0976. The highest BCUT2D eigenvalue weighted by Gasteiger charge is 2.27. The molecule has 3 heteroatoms. The van der Waals surface area contributed by atoms with Crippen LogP contribution in [0.15, 0.2) is 41.6 Å². The van der Waals surface area contributed by atoms with Crippen molar-refractivity contribution >= 4 is 13.3 Å². The standard InChI is InChI=1S/C17H28O2Si/c1-17(2,3)19-13-9-12-16(14-18)20(4,5)15-10-7-6-8-11-15/h6-8,10-12,18H,9,13-14H2,1-5H3/b16-12-. The maximum absolute atomic E-state index is 9.71. The summed E-state index contributed by atoms with van der Waals surface area (Å²) < 4.78 is 5.73. The molecule has 0 aliphatic heterocycles. The van der Waals surface area contributed by atoms with Crippen molar-refractivity contribution in [3.8, 4) is 0 Å². The van der Waals surface area contributed by atoms with Gasteiger partial charge in [0.05, 0.1) is 18.8 Å². The molecule has 0 aliphatic carbocycles. The lowest BCUT2D eigenvalue weighted by atomic mass is 10.2. The first kappa shape index (κ1) is 17.1. The van der Waals surface area contributed by atoms with E-state index < -0.39 is 8.07 Å². The van der Waals surface area contributed by atoms with E-state index in [1.54, 1.807) is 0 Å². The average molecular weight is 292 g/mol. The smallest absolute Gasteiger partial charge is 0.110 e. The third-order valence-corrected chi connectivity index (χ3v) is 7.26. The fraction of sp³-hybridized carbons (Fsp3) is 0.529. The summed E-state index contributed by atoms with van der Waals surface area (Å²) in [6.45, 7) is 11.6. The van der Waals surface area contributed by atoms with Gasteiger partial charge in [-0.3, -0.25) is 0 Å². The molecule has 2 nitrogen and oxygen atoms in total. The van der Waals surface area contributed by atoms with Gasteiger partial charge in [-0.2, -0.15) is 0 Å². The Kier molecular flexibility index (Phi) is 6.18. The molecule has 0 spiro atoms. The largest absolute Gasteiger partial charge is 0.392 e. The van der Waals surface area contributed by atoms with Crippen LogP contribution in [0.5, 0.6) is 0 Å². The SMILES string of the molecule is CC(C)(C)OCC/C=C(/CO)[Si](C)(C)c1ccccc1.